The third-order valence-electron chi connectivity index (χ3n) is 2.85. The quantitative estimate of drug-likeness (QED) is 0.786. The standard InChI is InChI=1S/C16H15NO3S2/c1-21-12-8-6-11(7-9-12)17-15(18)10-22-14-5-3-2-4-13(14)16(19)20/h2-9H,10H2,1H3,(H,17,18)(H,19,20). The van der Waals surface area contributed by atoms with Crippen molar-refractivity contribution in [3.05, 3.63) is 54.1 Å². The van der Waals surface area contributed by atoms with E-state index >= 15 is 0 Å². The van der Waals surface area contributed by atoms with Gasteiger partial charge in [0, 0.05) is 15.5 Å². The van der Waals surface area contributed by atoms with Crippen LogP contribution < -0.4 is 5.32 Å². The second-order valence-corrected chi connectivity index (χ2v) is 6.26. The Hall–Kier alpha value is -1.92. The van der Waals surface area contributed by atoms with Gasteiger partial charge in [-0.1, -0.05) is 12.1 Å². The smallest absolute Gasteiger partial charge is 0.336 e. The number of amides is 1. The fraction of sp³-hybridized carbons (Fsp3) is 0.125. The number of carboxylic acids is 1. The first kappa shape index (κ1) is 16.5. The third-order valence-corrected chi connectivity index (χ3v) is 4.67. The number of rotatable bonds is 6. The molecule has 1 amide bonds. The van der Waals surface area contributed by atoms with Gasteiger partial charge in [0.05, 0.1) is 11.3 Å². The Balaban J connectivity index is 1.94. The van der Waals surface area contributed by atoms with Crippen molar-refractivity contribution in [3.8, 4) is 0 Å². The molecule has 0 saturated heterocycles. The van der Waals surface area contributed by atoms with E-state index in [1.165, 1.54) is 17.8 Å². The highest BCUT2D eigenvalue weighted by Gasteiger charge is 2.11. The van der Waals surface area contributed by atoms with Crippen LogP contribution in [-0.4, -0.2) is 29.0 Å². The zero-order valence-electron chi connectivity index (χ0n) is 11.9. The highest BCUT2D eigenvalue weighted by atomic mass is 32.2. The van der Waals surface area contributed by atoms with Gasteiger partial charge in [-0.15, -0.1) is 23.5 Å². The first-order chi connectivity index (χ1) is 10.6. The molecule has 0 atom stereocenters. The molecule has 22 heavy (non-hydrogen) atoms. The molecule has 0 aromatic heterocycles. The van der Waals surface area contributed by atoms with Crippen molar-refractivity contribution in [1.29, 1.82) is 0 Å². The minimum absolute atomic E-state index is 0.161. The lowest BCUT2D eigenvalue weighted by Crippen LogP contribution is -2.14. The average Bonchev–Trinajstić information content (AvgIpc) is 2.54. The number of anilines is 1. The largest absolute Gasteiger partial charge is 0.478 e. The fourth-order valence-electron chi connectivity index (χ4n) is 1.78. The van der Waals surface area contributed by atoms with Gasteiger partial charge >= 0.3 is 5.97 Å². The Kier molecular flexibility index (Phi) is 5.91. The van der Waals surface area contributed by atoms with Gasteiger partial charge in [-0.25, -0.2) is 4.79 Å². The van der Waals surface area contributed by atoms with Gasteiger partial charge in [0.1, 0.15) is 0 Å². The van der Waals surface area contributed by atoms with Crippen LogP contribution in [-0.2, 0) is 4.79 Å². The van der Waals surface area contributed by atoms with Crippen LogP contribution in [0.25, 0.3) is 0 Å². The maximum atomic E-state index is 11.9. The Bertz CT molecular complexity index is 671. The minimum Gasteiger partial charge on any atom is -0.478 e. The Morgan fingerprint density at radius 1 is 1.09 bits per heavy atom. The molecule has 0 bridgehead atoms. The van der Waals surface area contributed by atoms with E-state index in [2.05, 4.69) is 5.32 Å². The number of hydrogen-bond acceptors (Lipinski definition) is 4. The molecule has 2 N–H and O–H groups in total. The molecular weight excluding hydrogens is 318 g/mol. The molecule has 0 unspecified atom stereocenters. The summed E-state index contributed by atoms with van der Waals surface area (Å²) in [6.07, 6.45) is 1.99. The van der Waals surface area contributed by atoms with Crippen molar-refractivity contribution in [2.75, 3.05) is 17.3 Å². The van der Waals surface area contributed by atoms with E-state index in [1.54, 1.807) is 30.0 Å². The number of carboxylic acid groups (broad SMARTS) is 1. The zero-order valence-corrected chi connectivity index (χ0v) is 13.5. The van der Waals surface area contributed by atoms with Crippen molar-refractivity contribution in [2.45, 2.75) is 9.79 Å². The van der Waals surface area contributed by atoms with Gasteiger partial charge in [0.15, 0.2) is 0 Å². The lowest BCUT2D eigenvalue weighted by atomic mass is 10.2. The van der Waals surface area contributed by atoms with Crippen molar-refractivity contribution in [3.63, 3.8) is 0 Å². The molecule has 0 spiro atoms. The number of benzene rings is 2. The molecule has 6 heteroatoms. The van der Waals surface area contributed by atoms with Gasteiger partial charge in [0.2, 0.25) is 5.91 Å². The second-order valence-electron chi connectivity index (χ2n) is 4.37. The molecule has 0 aliphatic heterocycles. The fourth-order valence-corrected chi connectivity index (χ4v) is 3.04. The van der Waals surface area contributed by atoms with E-state index in [-0.39, 0.29) is 17.2 Å². The van der Waals surface area contributed by atoms with Gasteiger partial charge < -0.3 is 10.4 Å². The number of carbonyl (C=O) groups excluding carboxylic acids is 1. The van der Waals surface area contributed by atoms with E-state index in [9.17, 15) is 9.59 Å². The molecule has 0 fully saturated rings. The summed E-state index contributed by atoms with van der Waals surface area (Å²) in [5, 5.41) is 11.9. The topological polar surface area (TPSA) is 66.4 Å². The Morgan fingerprint density at radius 3 is 2.41 bits per heavy atom. The lowest BCUT2D eigenvalue weighted by Gasteiger charge is -2.07. The summed E-state index contributed by atoms with van der Waals surface area (Å²) in [5.41, 5.74) is 0.944. The Morgan fingerprint density at radius 2 is 1.77 bits per heavy atom. The first-order valence-corrected chi connectivity index (χ1v) is 8.70. The van der Waals surface area contributed by atoms with E-state index in [0.717, 1.165) is 10.6 Å². The molecule has 0 radical (unpaired) electrons. The molecule has 4 nitrogen and oxygen atoms in total. The number of hydrogen-bond donors (Lipinski definition) is 2. The predicted molar refractivity (Wildman–Crippen MR) is 91.0 cm³/mol. The van der Waals surface area contributed by atoms with E-state index in [1.807, 2.05) is 30.5 Å². The summed E-state index contributed by atoms with van der Waals surface area (Å²) in [6, 6.07) is 14.2. The first-order valence-electron chi connectivity index (χ1n) is 6.49. The molecule has 0 saturated carbocycles. The van der Waals surface area contributed by atoms with E-state index in [4.69, 9.17) is 5.11 Å². The van der Waals surface area contributed by atoms with E-state index < -0.39 is 5.97 Å². The number of aromatic carboxylic acids is 1. The van der Waals surface area contributed by atoms with Crippen LogP contribution in [0.1, 0.15) is 10.4 Å². The predicted octanol–water partition coefficient (Wildman–Crippen LogP) is 3.84. The summed E-state index contributed by atoms with van der Waals surface area (Å²) < 4.78 is 0. The monoisotopic (exact) mass is 333 g/mol. The second kappa shape index (κ2) is 7.91. The van der Waals surface area contributed by atoms with Crippen molar-refractivity contribution < 1.29 is 14.7 Å². The van der Waals surface area contributed by atoms with Crippen LogP contribution in [0.2, 0.25) is 0 Å². The zero-order chi connectivity index (χ0) is 15.9. The van der Waals surface area contributed by atoms with Crippen LogP contribution in [0.3, 0.4) is 0 Å². The van der Waals surface area contributed by atoms with Crippen molar-refractivity contribution in [2.24, 2.45) is 0 Å². The maximum absolute atomic E-state index is 11.9. The van der Waals surface area contributed by atoms with Crippen LogP contribution in [0.15, 0.2) is 58.3 Å². The number of nitrogens with one attached hydrogen (secondary N) is 1. The normalized spacial score (nSPS) is 10.2. The summed E-state index contributed by atoms with van der Waals surface area (Å²) in [6.45, 7) is 0. The molecule has 0 aliphatic rings. The molecule has 2 aromatic rings. The van der Waals surface area contributed by atoms with Gasteiger partial charge in [0.25, 0.3) is 0 Å². The van der Waals surface area contributed by atoms with Crippen molar-refractivity contribution >= 4 is 41.1 Å². The Labute approximate surface area is 137 Å². The molecular formula is C16H15NO3S2. The molecule has 114 valence electrons. The molecule has 0 heterocycles. The SMILES string of the molecule is CSc1ccc(NC(=O)CSc2ccccc2C(=O)O)cc1. The molecule has 2 aromatic carbocycles. The number of thioether (sulfide) groups is 2. The van der Waals surface area contributed by atoms with Crippen LogP contribution in [0, 0.1) is 0 Å². The highest BCUT2D eigenvalue weighted by molar-refractivity contribution is 8.00. The average molecular weight is 333 g/mol. The number of carbonyl (C=O) groups is 2. The van der Waals surface area contributed by atoms with Gasteiger partial charge in [-0.05, 0) is 42.7 Å². The van der Waals surface area contributed by atoms with Crippen LogP contribution in [0.5, 0.6) is 0 Å². The van der Waals surface area contributed by atoms with Crippen LogP contribution in [0.4, 0.5) is 5.69 Å². The summed E-state index contributed by atoms with van der Waals surface area (Å²) >= 11 is 2.85. The van der Waals surface area contributed by atoms with Crippen LogP contribution >= 0.6 is 23.5 Å². The summed E-state index contributed by atoms with van der Waals surface area (Å²) in [4.78, 5) is 24.8. The lowest BCUT2D eigenvalue weighted by molar-refractivity contribution is -0.113. The summed E-state index contributed by atoms with van der Waals surface area (Å²) in [7, 11) is 0. The third kappa shape index (κ3) is 4.54. The maximum Gasteiger partial charge on any atom is 0.336 e. The molecule has 0 aliphatic carbocycles. The van der Waals surface area contributed by atoms with Gasteiger partial charge in [-0.2, -0.15) is 0 Å². The summed E-state index contributed by atoms with van der Waals surface area (Å²) in [5.74, 6) is -0.993. The van der Waals surface area contributed by atoms with Crippen molar-refractivity contribution in [1.82, 2.24) is 0 Å². The van der Waals surface area contributed by atoms with E-state index in [0.29, 0.717) is 4.90 Å². The molecule has 2 rings (SSSR count). The highest BCUT2D eigenvalue weighted by Crippen LogP contribution is 2.23. The minimum atomic E-state index is -0.990. The van der Waals surface area contributed by atoms with Gasteiger partial charge in [-0.3, -0.25) is 4.79 Å².